The lowest BCUT2D eigenvalue weighted by molar-refractivity contribution is -0.143. The van der Waals surface area contributed by atoms with Crippen molar-refractivity contribution in [2.75, 3.05) is 13.2 Å². The zero-order chi connectivity index (χ0) is 24.2. The molecule has 0 radical (unpaired) electrons. The number of unbranched alkanes of at least 4 members (excludes halogenated alkanes) is 10. The van der Waals surface area contributed by atoms with Crippen molar-refractivity contribution in [2.45, 2.75) is 143 Å². The lowest BCUT2D eigenvalue weighted by atomic mass is 9.81. The molecule has 0 heterocycles. The van der Waals surface area contributed by atoms with Crippen LogP contribution in [0.5, 0.6) is 0 Å². The molecule has 1 rings (SSSR count). The summed E-state index contributed by atoms with van der Waals surface area (Å²) in [6.45, 7) is 7.39. The molecule has 1 saturated carbocycles. The molecule has 1 aliphatic carbocycles. The molecular weight excluding hydrogens is 412 g/mol. The molecule has 1 aliphatic rings. The normalized spacial score (nSPS) is 15.2. The van der Waals surface area contributed by atoms with E-state index < -0.39 is 0 Å². The molecule has 4 nitrogen and oxygen atoms in total. The molecule has 0 atom stereocenters. The molecule has 0 saturated heterocycles. The summed E-state index contributed by atoms with van der Waals surface area (Å²) in [6, 6.07) is 0. The monoisotopic (exact) mass is 464 g/mol. The Labute approximate surface area is 204 Å². The number of rotatable bonds is 19. The first-order chi connectivity index (χ1) is 16.2. The van der Waals surface area contributed by atoms with Gasteiger partial charge in [-0.3, -0.25) is 0 Å². The number of carbonyl (C=O) groups excluding carboxylic acids is 2. The van der Waals surface area contributed by atoms with Gasteiger partial charge in [0.1, 0.15) is 0 Å². The number of hydrogen-bond acceptors (Lipinski definition) is 4. The van der Waals surface area contributed by atoms with E-state index in [0.29, 0.717) is 30.8 Å². The maximum absolute atomic E-state index is 13.2. The quantitative estimate of drug-likeness (QED) is 0.109. The second-order valence-corrected chi connectivity index (χ2v) is 9.78. The van der Waals surface area contributed by atoms with Crippen LogP contribution >= 0.6 is 0 Å². The van der Waals surface area contributed by atoms with Crippen molar-refractivity contribution >= 4 is 11.9 Å². The first-order valence-electron chi connectivity index (χ1n) is 14.2. The third-order valence-electron chi connectivity index (χ3n) is 6.77. The zero-order valence-electron chi connectivity index (χ0n) is 22.1. The zero-order valence-corrected chi connectivity index (χ0v) is 22.1. The third kappa shape index (κ3) is 13.2. The number of hydrogen-bond donors (Lipinski definition) is 0. The Balaban J connectivity index is 2.72. The van der Waals surface area contributed by atoms with E-state index in [1.165, 1.54) is 57.8 Å². The Morgan fingerprint density at radius 3 is 1.61 bits per heavy atom. The van der Waals surface area contributed by atoms with Gasteiger partial charge in [-0.1, -0.05) is 111 Å². The van der Waals surface area contributed by atoms with E-state index in [0.717, 1.165) is 57.8 Å². The van der Waals surface area contributed by atoms with Crippen molar-refractivity contribution < 1.29 is 19.1 Å². The largest absolute Gasteiger partial charge is 0.462 e. The van der Waals surface area contributed by atoms with Crippen molar-refractivity contribution in [3.05, 3.63) is 11.1 Å². The van der Waals surface area contributed by atoms with E-state index in [-0.39, 0.29) is 17.9 Å². The van der Waals surface area contributed by atoms with Gasteiger partial charge in [0.2, 0.25) is 0 Å². The maximum Gasteiger partial charge on any atom is 0.334 e. The van der Waals surface area contributed by atoms with Crippen LogP contribution in [0.25, 0.3) is 0 Å². The fraction of sp³-hybridized carbons (Fsp3) is 0.862. The summed E-state index contributed by atoms with van der Waals surface area (Å²) in [5.74, 6) is -0.420. The SMILES string of the molecule is CCCCCCCCOC(=O)/C(CCC)=C(\C(=O)OCCCCCCCC)C1CCCCC1. The van der Waals surface area contributed by atoms with Gasteiger partial charge in [-0.15, -0.1) is 0 Å². The number of carbonyl (C=O) groups is 2. The summed E-state index contributed by atoms with van der Waals surface area (Å²) < 4.78 is 11.4. The second-order valence-electron chi connectivity index (χ2n) is 9.78. The van der Waals surface area contributed by atoms with E-state index in [2.05, 4.69) is 20.8 Å². The van der Waals surface area contributed by atoms with Crippen molar-refractivity contribution in [3.8, 4) is 0 Å². The highest BCUT2D eigenvalue weighted by molar-refractivity contribution is 6.00. The van der Waals surface area contributed by atoms with Crippen LogP contribution in [-0.2, 0) is 19.1 Å². The van der Waals surface area contributed by atoms with Gasteiger partial charge in [0.15, 0.2) is 0 Å². The number of ether oxygens (including phenoxy) is 2. The van der Waals surface area contributed by atoms with Crippen LogP contribution in [0.2, 0.25) is 0 Å². The summed E-state index contributed by atoms with van der Waals surface area (Å²) in [7, 11) is 0. The van der Waals surface area contributed by atoms with Crippen molar-refractivity contribution in [2.24, 2.45) is 5.92 Å². The molecule has 0 aromatic carbocycles. The highest BCUT2D eigenvalue weighted by Crippen LogP contribution is 2.34. The van der Waals surface area contributed by atoms with Crippen molar-refractivity contribution in [1.82, 2.24) is 0 Å². The van der Waals surface area contributed by atoms with Crippen LogP contribution in [0.1, 0.15) is 143 Å². The van der Waals surface area contributed by atoms with E-state index in [1.807, 2.05) is 0 Å². The molecule has 0 unspecified atom stereocenters. The Kier molecular flexibility index (Phi) is 18.1. The highest BCUT2D eigenvalue weighted by Gasteiger charge is 2.30. The molecule has 4 heteroatoms. The van der Waals surface area contributed by atoms with E-state index in [4.69, 9.17) is 9.47 Å². The minimum atomic E-state index is -0.289. The summed E-state index contributed by atoms with van der Waals surface area (Å²) in [5.41, 5.74) is 1.22. The van der Waals surface area contributed by atoms with Gasteiger partial charge in [0.25, 0.3) is 0 Å². The van der Waals surface area contributed by atoms with E-state index >= 15 is 0 Å². The summed E-state index contributed by atoms with van der Waals surface area (Å²) in [6.07, 6.45) is 20.7. The summed E-state index contributed by atoms with van der Waals surface area (Å²) in [4.78, 5) is 26.2. The van der Waals surface area contributed by atoms with Gasteiger partial charge < -0.3 is 9.47 Å². The Hall–Kier alpha value is -1.32. The molecule has 0 amide bonds. The highest BCUT2D eigenvalue weighted by atomic mass is 16.5. The fourth-order valence-electron chi connectivity index (χ4n) is 4.78. The first-order valence-corrected chi connectivity index (χ1v) is 14.2. The minimum Gasteiger partial charge on any atom is -0.462 e. The topological polar surface area (TPSA) is 52.6 Å². The summed E-state index contributed by atoms with van der Waals surface area (Å²) >= 11 is 0. The van der Waals surface area contributed by atoms with Crippen LogP contribution < -0.4 is 0 Å². The summed E-state index contributed by atoms with van der Waals surface area (Å²) in [5, 5.41) is 0. The van der Waals surface area contributed by atoms with Crippen LogP contribution in [0, 0.1) is 5.92 Å². The van der Waals surface area contributed by atoms with Crippen molar-refractivity contribution in [1.29, 1.82) is 0 Å². The molecule has 0 aromatic heterocycles. The van der Waals surface area contributed by atoms with Crippen LogP contribution in [0.15, 0.2) is 11.1 Å². The van der Waals surface area contributed by atoms with Gasteiger partial charge >= 0.3 is 11.9 Å². The lowest BCUT2D eigenvalue weighted by Gasteiger charge is -2.25. The average Bonchev–Trinajstić information content (AvgIpc) is 2.83. The molecular formula is C29H52O4. The molecule has 0 N–H and O–H groups in total. The molecule has 192 valence electrons. The predicted molar refractivity (Wildman–Crippen MR) is 137 cm³/mol. The van der Waals surface area contributed by atoms with Gasteiger partial charge in [-0.2, -0.15) is 0 Å². The van der Waals surface area contributed by atoms with Gasteiger partial charge in [-0.25, -0.2) is 9.59 Å². The molecule has 1 fully saturated rings. The second kappa shape index (κ2) is 20.1. The standard InChI is InChI=1S/C29H52O4/c1-4-7-9-11-13-18-23-32-28(30)26(20-6-3)27(25-21-16-15-17-22-25)29(31)33-24-19-14-12-10-8-5-2/h25H,4-24H2,1-3H3/b27-26-. The Morgan fingerprint density at radius 2 is 1.09 bits per heavy atom. The van der Waals surface area contributed by atoms with Gasteiger partial charge in [-0.05, 0) is 38.0 Å². The number of esters is 2. The smallest absolute Gasteiger partial charge is 0.334 e. The average molecular weight is 465 g/mol. The molecule has 0 aromatic rings. The fourth-order valence-corrected chi connectivity index (χ4v) is 4.78. The third-order valence-corrected chi connectivity index (χ3v) is 6.77. The van der Waals surface area contributed by atoms with Crippen LogP contribution in [-0.4, -0.2) is 25.2 Å². The van der Waals surface area contributed by atoms with Crippen LogP contribution in [0.3, 0.4) is 0 Å². The van der Waals surface area contributed by atoms with Gasteiger partial charge in [0.05, 0.1) is 18.8 Å². The maximum atomic E-state index is 13.2. The molecule has 0 spiro atoms. The predicted octanol–water partition coefficient (Wildman–Crippen LogP) is 8.47. The minimum absolute atomic E-state index is 0.138. The van der Waals surface area contributed by atoms with Gasteiger partial charge in [0, 0.05) is 5.57 Å². The lowest BCUT2D eigenvalue weighted by Crippen LogP contribution is -2.24. The molecule has 0 aliphatic heterocycles. The molecule has 0 bridgehead atoms. The van der Waals surface area contributed by atoms with E-state index in [9.17, 15) is 9.59 Å². The molecule has 33 heavy (non-hydrogen) atoms. The van der Waals surface area contributed by atoms with E-state index in [1.54, 1.807) is 0 Å². The Morgan fingerprint density at radius 1 is 0.606 bits per heavy atom. The van der Waals surface area contributed by atoms with Crippen LogP contribution in [0.4, 0.5) is 0 Å². The van der Waals surface area contributed by atoms with Crippen molar-refractivity contribution in [3.63, 3.8) is 0 Å². The first kappa shape index (κ1) is 29.7. The Bertz CT molecular complexity index is 546.